The van der Waals surface area contributed by atoms with Gasteiger partial charge in [-0.05, 0) is 25.1 Å². The van der Waals surface area contributed by atoms with Gasteiger partial charge in [-0.25, -0.2) is 4.98 Å². The molecule has 2 aromatic rings. The van der Waals surface area contributed by atoms with Crippen LogP contribution in [0.5, 0.6) is 0 Å². The molecule has 0 unspecified atom stereocenters. The summed E-state index contributed by atoms with van der Waals surface area (Å²) in [5.74, 6) is 0. The van der Waals surface area contributed by atoms with E-state index in [4.69, 9.17) is 5.26 Å². The van der Waals surface area contributed by atoms with Crippen LogP contribution in [-0.4, -0.2) is 4.98 Å². The van der Waals surface area contributed by atoms with Crippen molar-refractivity contribution in [1.82, 2.24) is 4.98 Å². The van der Waals surface area contributed by atoms with Gasteiger partial charge in [0.25, 0.3) is 0 Å². The molecule has 19 heavy (non-hydrogen) atoms. The number of aryl methyl sites for hydroxylation is 1. The first-order valence-corrected chi connectivity index (χ1v) is 6.81. The van der Waals surface area contributed by atoms with Crippen molar-refractivity contribution in [3.05, 3.63) is 40.4 Å². The van der Waals surface area contributed by atoms with Gasteiger partial charge in [-0.2, -0.15) is 18.4 Å². The molecule has 0 radical (unpaired) electrons. The Hall–Kier alpha value is -1.52. The van der Waals surface area contributed by atoms with Gasteiger partial charge in [0.2, 0.25) is 0 Å². The van der Waals surface area contributed by atoms with E-state index in [1.807, 2.05) is 12.3 Å². The number of nitriles is 1. The maximum Gasteiger partial charge on any atom is 0.416 e. The van der Waals surface area contributed by atoms with Crippen molar-refractivity contribution in [2.75, 3.05) is 0 Å². The minimum absolute atomic E-state index is 0.00711. The summed E-state index contributed by atoms with van der Waals surface area (Å²) in [5, 5.41) is 10.8. The van der Waals surface area contributed by atoms with Crippen LogP contribution in [0.4, 0.5) is 13.2 Å². The van der Waals surface area contributed by atoms with E-state index in [0.717, 1.165) is 17.8 Å². The summed E-state index contributed by atoms with van der Waals surface area (Å²) >= 11 is 2.59. The molecule has 0 bridgehead atoms. The van der Waals surface area contributed by atoms with Crippen LogP contribution in [-0.2, 0) is 6.18 Å². The molecule has 2 nitrogen and oxygen atoms in total. The van der Waals surface area contributed by atoms with Crippen molar-refractivity contribution >= 4 is 23.1 Å². The zero-order valence-corrected chi connectivity index (χ0v) is 11.3. The van der Waals surface area contributed by atoms with Crippen molar-refractivity contribution in [3.8, 4) is 6.07 Å². The maximum atomic E-state index is 12.5. The third kappa shape index (κ3) is 3.28. The Labute approximate surface area is 115 Å². The van der Waals surface area contributed by atoms with Crippen molar-refractivity contribution in [1.29, 1.82) is 5.26 Å². The monoisotopic (exact) mass is 300 g/mol. The van der Waals surface area contributed by atoms with E-state index in [0.29, 0.717) is 9.24 Å². The van der Waals surface area contributed by atoms with E-state index in [1.165, 1.54) is 29.2 Å². The normalized spacial score (nSPS) is 11.3. The number of hydrogen-bond donors (Lipinski definition) is 0. The first-order chi connectivity index (χ1) is 8.90. The van der Waals surface area contributed by atoms with E-state index >= 15 is 0 Å². The Kier molecular flexibility index (Phi) is 3.83. The van der Waals surface area contributed by atoms with Crippen molar-refractivity contribution in [2.45, 2.75) is 22.3 Å². The number of rotatable bonds is 2. The first-order valence-electron chi connectivity index (χ1n) is 5.11. The van der Waals surface area contributed by atoms with Crippen LogP contribution in [0, 0.1) is 18.3 Å². The van der Waals surface area contributed by atoms with Crippen LogP contribution in [0.15, 0.2) is 32.8 Å². The second kappa shape index (κ2) is 5.23. The molecule has 0 saturated carbocycles. The lowest BCUT2D eigenvalue weighted by molar-refractivity contribution is -0.137. The summed E-state index contributed by atoms with van der Waals surface area (Å²) in [6.45, 7) is 1.83. The maximum absolute atomic E-state index is 12.5. The molecule has 0 saturated heterocycles. The molecule has 0 atom stereocenters. The summed E-state index contributed by atoms with van der Waals surface area (Å²) in [7, 11) is 0. The lowest BCUT2D eigenvalue weighted by atomic mass is 10.1. The standard InChI is InChI=1S/C12H7F3N2S2/c1-7-6-18-11(17-7)19-10-3-2-9(12(13,14)15)4-8(10)5-16/h2-4,6H,1H3. The number of nitrogens with zero attached hydrogens (tertiary/aromatic N) is 2. The highest BCUT2D eigenvalue weighted by Gasteiger charge is 2.31. The summed E-state index contributed by atoms with van der Waals surface area (Å²) in [4.78, 5) is 4.68. The molecule has 0 spiro atoms. The van der Waals surface area contributed by atoms with Gasteiger partial charge in [-0.1, -0.05) is 11.8 Å². The number of alkyl halides is 3. The van der Waals surface area contributed by atoms with Crippen molar-refractivity contribution in [3.63, 3.8) is 0 Å². The fourth-order valence-electron chi connectivity index (χ4n) is 1.36. The lowest BCUT2D eigenvalue weighted by Gasteiger charge is -2.08. The highest BCUT2D eigenvalue weighted by Crippen LogP contribution is 2.36. The summed E-state index contributed by atoms with van der Waals surface area (Å²) in [5.41, 5.74) is 0.0364. The van der Waals surface area contributed by atoms with Gasteiger partial charge in [-0.15, -0.1) is 11.3 Å². The van der Waals surface area contributed by atoms with Gasteiger partial charge >= 0.3 is 6.18 Å². The van der Waals surface area contributed by atoms with Crippen LogP contribution in [0.1, 0.15) is 16.8 Å². The number of aromatic nitrogens is 1. The van der Waals surface area contributed by atoms with Gasteiger partial charge in [0, 0.05) is 16.0 Å². The molecule has 0 N–H and O–H groups in total. The fourth-order valence-corrected chi connectivity index (χ4v) is 3.21. The second-order valence-corrected chi connectivity index (χ2v) is 5.82. The molecule has 1 heterocycles. The van der Waals surface area contributed by atoms with Gasteiger partial charge in [0.15, 0.2) is 4.34 Å². The molecule has 1 aromatic heterocycles. The zero-order valence-electron chi connectivity index (χ0n) is 9.65. The summed E-state index contributed by atoms with van der Waals surface area (Å²) in [6, 6.07) is 4.94. The predicted molar refractivity (Wildman–Crippen MR) is 67.1 cm³/mol. The van der Waals surface area contributed by atoms with Gasteiger partial charge in [0.1, 0.15) is 6.07 Å². The van der Waals surface area contributed by atoms with Crippen molar-refractivity contribution in [2.24, 2.45) is 0 Å². The van der Waals surface area contributed by atoms with Crippen LogP contribution in [0.2, 0.25) is 0 Å². The SMILES string of the molecule is Cc1csc(Sc2ccc(C(F)(F)F)cc2C#N)n1. The summed E-state index contributed by atoms with van der Waals surface area (Å²) in [6.07, 6.45) is -4.44. The molecule has 0 amide bonds. The van der Waals surface area contributed by atoms with E-state index in [2.05, 4.69) is 4.98 Å². The highest BCUT2D eigenvalue weighted by atomic mass is 32.2. The predicted octanol–water partition coefficient (Wildman–Crippen LogP) is 4.49. The molecule has 7 heteroatoms. The lowest BCUT2D eigenvalue weighted by Crippen LogP contribution is -2.05. The quantitative estimate of drug-likeness (QED) is 0.819. The molecule has 98 valence electrons. The largest absolute Gasteiger partial charge is 0.416 e. The molecule has 0 aliphatic rings. The average molecular weight is 300 g/mol. The molecule has 1 aromatic carbocycles. The fraction of sp³-hybridized carbons (Fsp3) is 0.167. The Morgan fingerprint density at radius 1 is 1.37 bits per heavy atom. The Bertz CT molecular complexity index is 641. The molecular formula is C12H7F3N2S2. The zero-order chi connectivity index (χ0) is 14.0. The van der Waals surface area contributed by atoms with E-state index < -0.39 is 11.7 Å². The highest BCUT2D eigenvalue weighted by molar-refractivity contribution is 8.01. The van der Waals surface area contributed by atoms with Gasteiger partial charge in [-0.3, -0.25) is 0 Å². The molecule has 0 fully saturated rings. The van der Waals surface area contributed by atoms with E-state index in [-0.39, 0.29) is 5.56 Å². The minimum atomic E-state index is -4.44. The summed E-state index contributed by atoms with van der Waals surface area (Å²) < 4.78 is 38.3. The van der Waals surface area contributed by atoms with Crippen molar-refractivity contribution < 1.29 is 13.2 Å². The third-order valence-corrected chi connectivity index (χ3v) is 4.35. The number of benzene rings is 1. The Morgan fingerprint density at radius 2 is 2.11 bits per heavy atom. The Balaban J connectivity index is 2.34. The topological polar surface area (TPSA) is 36.7 Å². The molecule has 0 aliphatic heterocycles. The van der Waals surface area contributed by atoms with E-state index in [9.17, 15) is 13.2 Å². The smallest absolute Gasteiger partial charge is 0.235 e. The second-order valence-electron chi connectivity index (χ2n) is 3.68. The molecule has 2 rings (SSSR count). The van der Waals surface area contributed by atoms with Crippen LogP contribution in [0.25, 0.3) is 0 Å². The average Bonchev–Trinajstić information content (AvgIpc) is 2.74. The molecule has 0 aliphatic carbocycles. The minimum Gasteiger partial charge on any atom is -0.235 e. The first kappa shape index (κ1) is 13.9. The van der Waals surface area contributed by atoms with Gasteiger partial charge < -0.3 is 0 Å². The van der Waals surface area contributed by atoms with E-state index in [1.54, 1.807) is 6.07 Å². The molecular weight excluding hydrogens is 293 g/mol. The van der Waals surface area contributed by atoms with Crippen LogP contribution >= 0.6 is 23.1 Å². The third-order valence-electron chi connectivity index (χ3n) is 2.22. The van der Waals surface area contributed by atoms with Gasteiger partial charge in [0.05, 0.1) is 11.1 Å². The van der Waals surface area contributed by atoms with Crippen LogP contribution < -0.4 is 0 Å². The van der Waals surface area contributed by atoms with Crippen LogP contribution in [0.3, 0.4) is 0 Å². The number of hydrogen-bond acceptors (Lipinski definition) is 4. The Morgan fingerprint density at radius 3 is 2.63 bits per heavy atom. The number of halogens is 3. The number of thiazole rings is 1.